The molecule has 0 fully saturated rings. The van der Waals surface area contributed by atoms with Crippen LogP contribution in [0, 0.1) is 5.41 Å². The lowest BCUT2D eigenvalue weighted by atomic mass is 9.89. The van der Waals surface area contributed by atoms with Crippen molar-refractivity contribution in [1.82, 2.24) is 10.3 Å². The monoisotopic (exact) mass is 304 g/mol. The van der Waals surface area contributed by atoms with Gasteiger partial charge in [-0.2, -0.15) is 0 Å². The van der Waals surface area contributed by atoms with E-state index in [9.17, 15) is 5.11 Å². The molecule has 0 saturated carbocycles. The number of aromatic nitrogens is 1. The van der Waals surface area contributed by atoms with E-state index in [0.29, 0.717) is 0 Å². The second kappa shape index (κ2) is 7.69. The number of rotatable bonds is 8. The van der Waals surface area contributed by atoms with Gasteiger partial charge in [-0.15, -0.1) is 11.3 Å². The molecule has 0 bridgehead atoms. The molecular weight excluding hydrogens is 280 g/mol. The van der Waals surface area contributed by atoms with Crippen LogP contribution in [0.1, 0.15) is 31.7 Å². The first-order valence-corrected chi connectivity index (χ1v) is 8.24. The highest BCUT2D eigenvalue weighted by Gasteiger charge is 2.15. The van der Waals surface area contributed by atoms with Gasteiger partial charge in [0.25, 0.3) is 0 Å². The number of aliphatic hydroxyl groups is 1. The Bertz CT molecular complexity index is 537. The van der Waals surface area contributed by atoms with E-state index in [1.807, 2.05) is 12.3 Å². The topological polar surface area (TPSA) is 45.1 Å². The van der Waals surface area contributed by atoms with Crippen LogP contribution in [-0.2, 0) is 6.54 Å². The molecule has 21 heavy (non-hydrogen) atoms. The summed E-state index contributed by atoms with van der Waals surface area (Å²) in [5.74, 6) is 0. The van der Waals surface area contributed by atoms with E-state index < -0.39 is 0 Å². The van der Waals surface area contributed by atoms with Gasteiger partial charge in [-0.1, -0.05) is 44.2 Å². The molecule has 0 aliphatic carbocycles. The van der Waals surface area contributed by atoms with Crippen LogP contribution < -0.4 is 5.32 Å². The molecule has 2 rings (SSSR count). The highest BCUT2D eigenvalue weighted by Crippen LogP contribution is 2.25. The third-order valence-electron chi connectivity index (χ3n) is 3.52. The minimum Gasteiger partial charge on any atom is -0.396 e. The van der Waals surface area contributed by atoms with Crippen molar-refractivity contribution in [3.63, 3.8) is 0 Å². The van der Waals surface area contributed by atoms with Crippen LogP contribution in [0.15, 0.2) is 36.5 Å². The molecule has 1 heterocycles. The van der Waals surface area contributed by atoms with E-state index in [1.54, 1.807) is 11.3 Å². The molecule has 0 aliphatic rings. The summed E-state index contributed by atoms with van der Waals surface area (Å²) in [7, 11) is 0. The maximum atomic E-state index is 9.21. The normalized spacial score (nSPS) is 11.8. The van der Waals surface area contributed by atoms with Crippen molar-refractivity contribution >= 4 is 11.3 Å². The van der Waals surface area contributed by atoms with Crippen LogP contribution >= 0.6 is 11.3 Å². The minimum absolute atomic E-state index is 0.0311. The van der Waals surface area contributed by atoms with E-state index in [2.05, 4.69) is 48.4 Å². The lowest BCUT2D eigenvalue weighted by molar-refractivity contribution is 0.148. The number of hydrogen-bond acceptors (Lipinski definition) is 4. The van der Waals surface area contributed by atoms with E-state index in [4.69, 9.17) is 0 Å². The summed E-state index contributed by atoms with van der Waals surface area (Å²) in [5.41, 5.74) is 1.26. The summed E-state index contributed by atoms with van der Waals surface area (Å²) < 4.78 is 0. The lowest BCUT2D eigenvalue weighted by Crippen LogP contribution is -2.20. The summed E-state index contributed by atoms with van der Waals surface area (Å²) in [6, 6.07) is 10.4. The second-order valence-electron chi connectivity index (χ2n) is 6.09. The van der Waals surface area contributed by atoms with Gasteiger partial charge in [0.1, 0.15) is 5.01 Å². The van der Waals surface area contributed by atoms with E-state index in [1.165, 1.54) is 10.4 Å². The first-order chi connectivity index (χ1) is 10.1. The van der Waals surface area contributed by atoms with Gasteiger partial charge in [0.15, 0.2) is 0 Å². The van der Waals surface area contributed by atoms with Crippen molar-refractivity contribution in [2.45, 2.75) is 33.2 Å². The second-order valence-corrected chi connectivity index (χ2v) is 7.20. The van der Waals surface area contributed by atoms with Gasteiger partial charge in [-0.3, -0.25) is 0 Å². The average molecular weight is 304 g/mol. The smallest absolute Gasteiger partial charge is 0.107 e. The van der Waals surface area contributed by atoms with Crippen molar-refractivity contribution in [2.75, 3.05) is 13.2 Å². The van der Waals surface area contributed by atoms with Crippen LogP contribution in [0.25, 0.3) is 10.4 Å². The summed E-state index contributed by atoms with van der Waals surface area (Å²) in [5, 5.41) is 13.8. The highest BCUT2D eigenvalue weighted by molar-refractivity contribution is 7.15. The molecule has 1 aromatic carbocycles. The molecule has 0 aliphatic heterocycles. The Hall–Kier alpha value is -1.23. The third kappa shape index (κ3) is 5.23. The molecule has 2 N–H and O–H groups in total. The van der Waals surface area contributed by atoms with Crippen molar-refractivity contribution in [3.05, 3.63) is 41.5 Å². The number of hydrogen-bond donors (Lipinski definition) is 2. The molecule has 114 valence electrons. The van der Waals surface area contributed by atoms with E-state index in [-0.39, 0.29) is 12.0 Å². The van der Waals surface area contributed by atoms with Crippen molar-refractivity contribution in [3.8, 4) is 10.4 Å². The van der Waals surface area contributed by atoms with Crippen molar-refractivity contribution < 1.29 is 5.11 Å². The minimum atomic E-state index is 0.0311. The summed E-state index contributed by atoms with van der Waals surface area (Å²) in [6.07, 6.45) is 4.06. The number of aliphatic hydroxyl groups excluding tert-OH is 1. The molecule has 0 saturated heterocycles. The zero-order valence-electron chi connectivity index (χ0n) is 12.8. The van der Waals surface area contributed by atoms with E-state index in [0.717, 1.165) is 30.9 Å². The first-order valence-electron chi connectivity index (χ1n) is 7.42. The van der Waals surface area contributed by atoms with Gasteiger partial charge in [0, 0.05) is 19.3 Å². The fourth-order valence-corrected chi connectivity index (χ4v) is 2.99. The maximum absolute atomic E-state index is 9.21. The molecule has 0 unspecified atom stereocenters. The molecule has 0 atom stereocenters. The van der Waals surface area contributed by atoms with Crippen molar-refractivity contribution in [2.24, 2.45) is 5.41 Å². The van der Waals surface area contributed by atoms with Crippen LogP contribution in [0.3, 0.4) is 0 Å². The molecule has 4 heteroatoms. The Labute approximate surface area is 131 Å². The van der Waals surface area contributed by atoms with Gasteiger partial charge in [-0.25, -0.2) is 4.98 Å². The largest absolute Gasteiger partial charge is 0.396 e. The van der Waals surface area contributed by atoms with Crippen LogP contribution in [-0.4, -0.2) is 23.2 Å². The maximum Gasteiger partial charge on any atom is 0.107 e. The molecule has 0 amide bonds. The molecule has 0 radical (unpaired) electrons. The predicted molar refractivity (Wildman–Crippen MR) is 89.4 cm³/mol. The molecule has 2 aromatic rings. The van der Waals surface area contributed by atoms with Gasteiger partial charge in [-0.05, 0) is 30.4 Å². The van der Waals surface area contributed by atoms with E-state index >= 15 is 0 Å². The Morgan fingerprint density at radius 3 is 2.71 bits per heavy atom. The number of thiazole rings is 1. The molecule has 1 aromatic heterocycles. The quantitative estimate of drug-likeness (QED) is 0.731. The average Bonchev–Trinajstić information content (AvgIpc) is 2.97. The number of benzene rings is 1. The van der Waals surface area contributed by atoms with Gasteiger partial charge < -0.3 is 10.4 Å². The van der Waals surface area contributed by atoms with Gasteiger partial charge >= 0.3 is 0 Å². The fraction of sp³-hybridized carbons (Fsp3) is 0.471. The Balaban J connectivity index is 1.74. The highest BCUT2D eigenvalue weighted by atomic mass is 32.1. The molecular formula is C17H24N2OS. The Morgan fingerprint density at radius 2 is 2.00 bits per heavy atom. The molecule has 3 nitrogen and oxygen atoms in total. The zero-order chi connectivity index (χ0) is 15.1. The summed E-state index contributed by atoms with van der Waals surface area (Å²) >= 11 is 1.74. The van der Waals surface area contributed by atoms with Crippen LogP contribution in [0.2, 0.25) is 0 Å². The third-order valence-corrected chi connectivity index (χ3v) is 4.57. The SMILES string of the molecule is CC(C)(CO)CCCNCc1ncc(-c2ccccc2)s1. The lowest BCUT2D eigenvalue weighted by Gasteiger charge is -2.21. The van der Waals surface area contributed by atoms with Gasteiger partial charge in [0.05, 0.1) is 4.88 Å². The summed E-state index contributed by atoms with van der Waals surface area (Å²) in [4.78, 5) is 5.69. The Kier molecular flexibility index (Phi) is 5.91. The Morgan fingerprint density at radius 1 is 1.24 bits per heavy atom. The predicted octanol–water partition coefficient (Wildman–Crippen LogP) is 3.70. The number of nitrogens with one attached hydrogen (secondary N) is 1. The summed E-state index contributed by atoms with van der Waals surface area (Å²) in [6.45, 7) is 6.22. The van der Waals surface area contributed by atoms with Crippen LogP contribution in [0.4, 0.5) is 0 Å². The first kappa shape index (κ1) is 16.1. The standard InChI is InChI=1S/C17H24N2OS/c1-17(2,13-20)9-6-10-18-12-16-19-11-15(21-16)14-7-4-3-5-8-14/h3-5,7-8,11,18,20H,6,9-10,12-13H2,1-2H3. The van der Waals surface area contributed by atoms with Gasteiger partial charge in [0.2, 0.25) is 0 Å². The van der Waals surface area contributed by atoms with Crippen molar-refractivity contribution in [1.29, 1.82) is 0 Å². The fourth-order valence-electron chi connectivity index (χ4n) is 2.09. The molecule has 0 spiro atoms. The zero-order valence-corrected chi connectivity index (χ0v) is 13.6. The van der Waals surface area contributed by atoms with Crippen LogP contribution in [0.5, 0.6) is 0 Å². The number of nitrogens with zero attached hydrogens (tertiary/aromatic N) is 1.